The van der Waals surface area contributed by atoms with E-state index in [2.05, 4.69) is 10.1 Å². The van der Waals surface area contributed by atoms with E-state index in [4.69, 9.17) is 21.9 Å². The molecule has 0 aromatic heterocycles. The summed E-state index contributed by atoms with van der Waals surface area (Å²) in [4.78, 5) is 104. The van der Waals surface area contributed by atoms with Crippen LogP contribution in [0, 0.1) is 0 Å². The zero-order valence-corrected chi connectivity index (χ0v) is 45.8. The molecule has 420 valence electrons. The van der Waals surface area contributed by atoms with Crippen molar-refractivity contribution in [3.8, 4) is 0 Å². The first-order valence-corrected chi connectivity index (χ1v) is 26.2. The number of amides is 5. The Morgan fingerprint density at radius 2 is 1.10 bits per heavy atom. The van der Waals surface area contributed by atoms with Gasteiger partial charge in [0.15, 0.2) is 0 Å². The normalized spacial score (nSPS) is 15.1. The van der Waals surface area contributed by atoms with E-state index in [1.165, 1.54) is 19.1 Å². The van der Waals surface area contributed by atoms with Gasteiger partial charge in [-0.15, -0.1) is 0 Å². The molecule has 2 heterocycles. The number of aldehydes is 2. The van der Waals surface area contributed by atoms with Crippen molar-refractivity contribution in [2.45, 2.75) is 102 Å². The second kappa shape index (κ2) is 35.7. The second-order valence-electron chi connectivity index (χ2n) is 18.5. The number of esters is 2. The minimum Gasteiger partial charge on any atom is -0.469 e. The summed E-state index contributed by atoms with van der Waals surface area (Å²) in [7, 11) is 2.69. The topological polar surface area (TPSA) is 269 Å². The average Bonchev–Trinajstić information content (AvgIpc) is 4.07. The van der Waals surface area contributed by atoms with Crippen LogP contribution in [0.15, 0.2) is 158 Å². The van der Waals surface area contributed by atoms with E-state index >= 15 is 0 Å². The Balaban J connectivity index is 0.000000264. The Morgan fingerprint density at radius 1 is 0.620 bits per heavy atom. The molecule has 17 nitrogen and oxygen atoms in total. The Kier molecular flexibility index (Phi) is 29.2. The SMILES string of the molecule is CC[C@@H](C(N)=O)N1CC(c2ccccc2)=CC1=O.CC[C@@H](C(N)=O)N1CC(c2ccccc2)CC1=O.CC[C@H](NCC(CC(=O)OC)c1ccccc1)C(N)=O.COC(=O)CC(C=O)c1ccccc1.O=CCc1ccccc1. The standard InChI is InChI=1S/C15H22N2O3.C14H18N2O2.C14H16N2O2.C11H12O3.C8H8O/c1-3-13(15(16)19)17-10-12(9-14(18)20-2)11-7-5-4-6-8-11;2*1-2-12(14(15)18)16-9-11(8-13(16)17)10-6-4-3-5-7-10;1-14-11(13)7-10(8-12)9-5-3-2-4-6-9;9-7-6-8-4-2-1-3-5-8/h4-8,12-13,17H,3,9-10H2,1-2H3,(H2,16,19);3-7,11-12H,2,8-9H2,1H3,(H2,15,18);3-8,12H,2,9H2,1H3,(H2,15,18);2-6,8,10H,7H2,1H3;1-5,7H,6H2/t12?,13-;11?,12-;12-;;/m000../s1. The molecule has 17 heteroatoms. The molecular weight excluding hydrogens is 1000 g/mol. The van der Waals surface area contributed by atoms with Gasteiger partial charge in [-0.2, -0.15) is 0 Å². The largest absolute Gasteiger partial charge is 0.469 e. The third-order valence-electron chi connectivity index (χ3n) is 13.1. The number of ether oxygens (including phenoxy) is 2. The maximum atomic E-state index is 12.0. The summed E-state index contributed by atoms with van der Waals surface area (Å²) in [5.74, 6) is -2.27. The fourth-order valence-electron chi connectivity index (χ4n) is 8.73. The van der Waals surface area contributed by atoms with Gasteiger partial charge in [-0.05, 0) is 52.7 Å². The van der Waals surface area contributed by atoms with Crippen LogP contribution < -0.4 is 22.5 Å². The molecule has 5 aromatic carbocycles. The summed E-state index contributed by atoms with van der Waals surface area (Å²) in [5, 5.41) is 3.11. The molecule has 0 aliphatic carbocycles. The first kappa shape index (κ1) is 64.7. The lowest BCUT2D eigenvalue weighted by Gasteiger charge is -2.24. The average molecular weight is 1080 g/mol. The van der Waals surface area contributed by atoms with Crippen molar-refractivity contribution in [1.82, 2.24) is 15.1 Å². The molecule has 2 aliphatic heterocycles. The van der Waals surface area contributed by atoms with E-state index in [9.17, 15) is 43.2 Å². The number of nitrogens with two attached hydrogens (primary N) is 3. The highest BCUT2D eigenvalue weighted by Gasteiger charge is 2.36. The van der Waals surface area contributed by atoms with Crippen molar-refractivity contribution >= 4 is 59.6 Å². The van der Waals surface area contributed by atoms with Crippen LogP contribution in [0.2, 0.25) is 0 Å². The number of hydrogen-bond acceptors (Lipinski definition) is 12. The van der Waals surface area contributed by atoms with E-state index < -0.39 is 29.8 Å². The number of primary amides is 3. The van der Waals surface area contributed by atoms with Gasteiger partial charge in [0.1, 0.15) is 24.7 Å². The van der Waals surface area contributed by atoms with E-state index in [0.717, 1.165) is 46.0 Å². The maximum Gasteiger partial charge on any atom is 0.306 e. The zero-order valence-electron chi connectivity index (χ0n) is 45.8. The maximum absolute atomic E-state index is 12.0. The Bertz CT molecular complexity index is 2690. The molecule has 6 atom stereocenters. The molecule has 0 bridgehead atoms. The summed E-state index contributed by atoms with van der Waals surface area (Å²) in [6, 6.07) is 46.8. The summed E-state index contributed by atoms with van der Waals surface area (Å²) >= 11 is 0. The number of rotatable bonds is 22. The predicted molar refractivity (Wildman–Crippen MR) is 303 cm³/mol. The van der Waals surface area contributed by atoms with Gasteiger partial charge in [-0.1, -0.05) is 172 Å². The van der Waals surface area contributed by atoms with Crippen LogP contribution in [0.1, 0.15) is 105 Å². The van der Waals surface area contributed by atoms with Gasteiger partial charge in [0.05, 0.1) is 39.0 Å². The van der Waals surface area contributed by atoms with Gasteiger partial charge in [0, 0.05) is 50.4 Å². The van der Waals surface area contributed by atoms with Gasteiger partial charge in [0.25, 0.3) is 0 Å². The Labute approximate surface area is 463 Å². The van der Waals surface area contributed by atoms with Gasteiger partial charge in [-0.3, -0.25) is 33.6 Å². The van der Waals surface area contributed by atoms with Crippen molar-refractivity contribution in [3.05, 3.63) is 186 Å². The van der Waals surface area contributed by atoms with Crippen LogP contribution in [0.5, 0.6) is 0 Å². The number of nitrogens with zero attached hydrogens (tertiary/aromatic N) is 2. The van der Waals surface area contributed by atoms with Gasteiger partial charge < -0.3 is 51.4 Å². The fourth-order valence-corrected chi connectivity index (χ4v) is 8.73. The van der Waals surface area contributed by atoms with Crippen molar-refractivity contribution in [2.75, 3.05) is 33.9 Å². The highest BCUT2D eigenvalue weighted by atomic mass is 16.5. The number of carbonyl (C=O) groups excluding carboxylic acids is 9. The van der Waals surface area contributed by atoms with Crippen LogP contribution in [-0.2, 0) is 59.0 Å². The zero-order chi connectivity index (χ0) is 58.1. The Morgan fingerprint density at radius 3 is 1.57 bits per heavy atom. The number of carbonyl (C=O) groups is 9. The molecule has 7 N–H and O–H groups in total. The van der Waals surface area contributed by atoms with Crippen LogP contribution in [0.4, 0.5) is 0 Å². The van der Waals surface area contributed by atoms with Crippen LogP contribution >= 0.6 is 0 Å². The van der Waals surface area contributed by atoms with Crippen molar-refractivity contribution in [2.24, 2.45) is 17.2 Å². The molecule has 0 radical (unpaired) electrons. The van der Waals surface area contributed by atoms with Crippen LogP contribution in [0.3, 0.4) is 0 Å². The van der Waals surface area contributed by atoms with Gasteiger partial charge in [-0.25, -0.2) is 0 Å². The molecule has 5 amide bonds. The summed E-state index contributed by atoms with van der Waals surface area (Å²) < 4.78 is 9.23. The first-order chi connectivity index (χ1) is 38.0. The third kappa shape index (κ3) is 22.1. The highest BCUT2D eigenvalue weighted by molar-refractivity contribution is 6.03. The highest BCUT2D eigenvalue weighted by Crippen LogP contribution is 2.30. The monoisotopic (exact) mass is 1080 g/mol. The third-order valence-corrected chi connectivity index (χ3v) is 13.1. The van der Waals surface area contributed by atoms with Crippen molar-refractivity contribution in [3.63, 3.8) is 0 Å². The minimum atomic E-state index is -0.519. The molecule has 0 spiro atoms. The molecule has 5 aromatic rings. The van der Waals surface area contributed by atoms with Gasteiger partial charge in [0.2, 0.25) is 29.5 Å². The number of hydrogen-bond donors (Lipinski definition) is 4. The van der Waals surface area contributed by atoms with Crippen molar-refractivity contribution < 1.29 is 52.6 Å². The van der Waals surface area contributed by atoms with Gasteiger partial charge >= 0.3 is 11.9 Å². The lowest BCUT2D eigenvalue weighted by atomic mass is 9.95. The molecule has 0 saturated carbocycles. The second-order valence-corrected chi connectivity index (χ2v) is 18.5. The molecule has 1 fully saturated rings. The molecule has 7 rings (SSSR count). The number of likely N-dealkylation sites (tertiary alicyclic amines) is 1. The molecule has 1 saturated heterocycles. The quantitative estimate of drug-likeness (QED) is 0.0422. The summed E-state index contributed by atoms with van der Waals surface area (Å²) in [5.41, 5.74) is 22.0. The summed E-state index contributed by atoms with van der Waals surface area (Å²) in [6.45, 7) is 7.15. The molecule has 3 unspecified atom stereocenters. The first-order valence-electron chi connectivity index (χ1n) is 26.2. The molecule has 2 aliphatic rings. The summed E-state index contributed by atoms with van der Waals surface area (Å²) in [6.07, 6.45) is 6.36. The molecular formula is C62H76N6O11. The molecule has 79 heavy (non-hydrogen) atoms. The Hall–Kier alpha value is -8.57. The number of methoxy groups -OCH3 is 2. The van der Waals surface area contributed by atoms with E-state index in [-0.39, 0.29) is 60.4 Å². The van der Waals surface area contributed by atoms with E-state index in [0.29, 0.717) is 51.7 Å². The van der Waals surface area contributed by atoms with E-state index in [1.807, 2.05) is 172 Å². The van der Waals surface area contributed by atoms with Crippen LogP contribution in [-0.4, -0.2) is 116 Å². The number of nitrogens with one attached hydrogen (secondary N) is 1. The lowest BCUT2D eigenvalue weighted by Crippen LogP contribution is -2.45. The van der Waals surface area contributed by atoms with E-state index in [1.54, 1.807) is 11.0 Å². The number of benzene rings is 5. The lowest BCUT2D eigenvalue weighted by molar-refractivity contribution is -0.142. The minimum absolute atomic E-state index is 0.0227. The fraction of sp³-hybridized carbons (Fsp3) is 0.339. The van der Waals surface area contributed by atoms with Crippen molar-refractivity contribution in [1.29, 1.82) is 0 Å². The smallest absolute Gasteiger partial charge is 0.306 e. The predicted octanol–water partition coefficient (Wildman–Crippen LogP) is 6.59. The van der Waals surface area contributed by atoms with Crippen LogP contribution in [0.25, 0.3) is 5.57 Å².